The molecule has 1 fully saturated rings. The fourth-order valence-electron chi connectivity index (χ4n) is 1.29. The van der Waals surface area contributed by atoms with E-state index in [4.69, 9.17) is 12.2 Å². The third kappa shape index (κ3) is 1.92. The molecule has 2 N–H and O–H groups in total. The lowest BCUT2D eigenvalue weighted by Crippen LogP contribution is -2.35. The SMILES string of the molecule is CNC(=S)C1CCNCC1. The molecule has 0 atom stereocenters. The zero-order valence-electron chi connectivity index (χ0n) is 6.31. The second-order valence-corrected chi connectivity index (χ2v) is 3.08. The molecule has 0 bridgehead atoms. The van der Waals surface area contributed by atoms with Gasteiger partial charge in [-0.2, -0.15) is 0 Å². The van der Waals surface area contributed by atoms with Crippen LogP contribution in [0.1, 0.15) is 12.8 Å². The van der Waals surface area contributed by atoms with E-state index in [1.165, 1.54) is 12.8 Å². The maximum atomic E-state index is 5.14. The lowest BCUT2D eigenvalue weighted by atomic mass is 9.98. The summed E-state index contributed by atoms with van der Waals surface area (Å²) < 4.78 is 0. The first kappa shape index (κ1) is 7.95. The third-order valence-corrected chi connectivity index (χ3v) is 2.49. The summed E-state index contributed by atoms with van der Waals surface area (Å²) in [6.45, 7) is 2.24. The van der Waals surface area contributed by atoms with Gasteiger partial charge >= 0.3 is 0 Å². The highest BCUT2D eigenvalue weighted by Gasteiger charge is 2.15. The molecule has 3 heteroatoms. The number of rotatable bonds is 1. The molecular formula is C7H14N2S. The second-order valence-electron chi connectivity index (χ2n) is 2.64. The molecule has 0 unspecified atom stereocenters. The summed E-state index contributed by atoms with van der Waals surface area (Å²) in [5, 5.41) is 6.34. The fourth-order valence-corrected chi connectivity index (χ4v) is 1.52. The Morgan fingerprint density at radius 1 is 1.50 bits per heavy atom. The van der Waals surface area contributed by atoms with Crippen molar-refractivity contribution in [2.24, 2.45) is 5.92 Å². The first-order valence-electron chi connectivity index (χ1n) is 3.77. The first-order chi connectivity index (χ1) is 4.84. The normalized spacial score (nSPS) is 20.5. The van der Waals surface area contributed by atoms with E-state index in [0.717, 1.165) is 18.1 Å². The quantitative estimate of drug-likeness (QED) is 0.544. The summed E-state index contributed by atoms with van der Waals surface area (Å²) in [5.74, 6) is 0.626. The van der Waals surface area contributed by atoms with Crippen molar-refractivity contribution in [2.75, 3.05) is 20.1 Å². The highest BCUT2D eigenvalue weighted by Crippen LogP contribution is 2.11. The first-order valence-corrected chi connectivity index (χ1v) is 4.17. The van der Waals surface area contributed by atoms with Gasteiger partial charge in [-0.25, -0.2) is 0 Å². The van der Waals surface area contributed by atoms with Crippen LogP contribution in [0.25, 0.3) is 0 Å². The lowest BCUT2D eigenvalue weighted by molar-refractivity contribution is 0.454. The molecule has 1 aliphatic rings. The summed E-state index contributed by atoms with van der Waals surface area (Å²) >= 11 is 5.14. The summed E-state index contributed by atoms with van der Waals surface area (Å²) in [5.41, 5.74) is 0. The van der Waals surface area contributed by atoms with Gasteiger partial charge in [-0.3, -0.25) is 0 Å². The predicted molar refractivity (Wildman–Crippen MR) is 47.3 cm³/mol. The standard InChI is InChI=1S/C7H14N2S/c1-8-7(10)6-2-4-9-5-3-6/h6,9H,2-5H2,1H3,(H,8,10). The van der Waals surface area contributed by atoms with Crippen molar-refractivity contribution in [1.82, 2.24) is 10.6 Å². The van der Waals surface area contributed by atoms with Crippen LogP contribution in [-0.2, 0) is 0 Å². The van der Waals surface area contributed by atoms with Crippen molar-refractivity contribution in [2.45, 2.75) is 12.8 Å². The van der Waals surface area contributed by atoms with E-state index < -0.39 is 0 Å². The van der Waals surface area contributed by atoms with Crippen LogP contribution < -0.4 is 10.6 Å². The van der Waals surface area contributed by atoms with Crippen LogP contribution in [0.2, 0.25) is 0 Å². The van der Waals surface area contributed by atoms with Gasteiger partial charge < -0.3 is 10.6 Å². The molecular weight excluding hydrogens is 144 g/mol. The number of hydrogen-bond donors (Lipinski definition) is 2. The Morgan fingerprint density at radius 3 is 2.60 bits per heavy atom. The van der Waals surface area contributed by atoms with Crippen molar-refractivity contribution in [1.29, 1.82) is 0 Å². The average molecular weight is 158 g/mol. The zero-order chi connectivity index (χ0) is 7.40. The van der Waals surface area contributed by atoms with Gasteiger partial charge in [0.15, 0.2) is 0 Å². The van der Waals surface area contributed by atoms with E-state index in [1.54, 1.807) is 0 Å². The zero-order valence-corrected chi connectivity index (χ0v) is 7.13. The summed E-state index contributed by atoms with van der Waals surface area (Å²) in [6, 6.07) is 0. The number of thiocarbonyl (C=S) groups is 1. The Bertz CT molecular complexity index is 119. The molecule has 1 heterocycles. The van der Waals surface area contributed by atoms with E-state index in [2.05, 4.69) is 10.6 Å². The Hall–Kier alpha value is -0.150. The van der Waals surface area contributed by atoms with E-state index in [0.29, 0.717) is 5.92 Å². The van der Waals surface area contributed by atoms with Gasteiger partial charge in [0.05, 0.1) is 4.99 Å². The molecule has 2 nitrogen and oxygen atoms in total. The molecule has 0 saturated carbocycles. The van der Waals surface area contributed by atoms with Crippen LogP contribution in [-0.4, -0.2) is 25.1 Å². The molecule has 0 spiro atoms. The van der Waals surface area contributed by atoms with Crippen LogP contribution >= 0.6 is 12.2 Å². The van der Waals surface area contributed by atoms with Crippen LogP contribution in [0.3, 0.4) is 0 Å². The Morgan fingerprint density at radius 2 is 2.10 bits per heavy atom. The molecule has 0 aromatic rings. The summed E-state index contributed by atoms with van der Waals surface area (Å²) in [4.78, 5) is 1.03. The molecule has 1 rings (SSSR count). The maximum absolute atomic E-state index is 5.14. The molecule has 10 heavy (non-hydrogen) atoms. The van der Waals surface area contributed by atoms with Crippen molar-refractivity contribution in [3.63, 3.8) is 0 Å². The van der Waals surface area contributed by atoms with E-state index in [1.807, 2.05) is 7.05 Å². The van der Waals surface area contributed by atoms with Crippen molar-refractivity contribution in [3.8, 4) is 0 Å². The topological polar surface area (TPSA) is 24.1 Å². The summed E-state index contributed by atoms with van der Waals surface area (Å²) in [7, 11) is 1.91. The van der Waals surface area contributed by atoms with E-state index >= 15 is 0 Å². The Labute approximate surface area is 67.4 Å². The molecule has 1 aliphatic heterocycles. The molecule has 0 radical (unpaired) electrons. The van der Waals surface area contributed by atoms with Gasteiger partial charge in [-0.05, 0) is 25.9 Å². The third-order valence-electron chi connectivity index (χ3n) is 1.96. The van der Waals surface area contributed by atoms with Gasteiger partial charge in [0.25, 0.3) is 0 Å². The maximum Gasteiger partial charge on any atom is 0.0783 e. The minimum Gasteiger partial charge on any atom is -0.383 e. The molecule has 0 aromatic heterocycles. The second kappa shape index (κ2) is 3.88. The highest BCUT2D eigenvalue weighted by molar-refractivity contribution is 7.80. The lowest BCUT2D eigenvalue weighted by Gasteiger charge is -2.22. The minimum atomic E-state index is 0.626. The smallest absolute Gasteiger partial charge is 0.0783 e. The van der Waals surface area contributed by atoms with Crippen LogP contribution in [0.15, 0.2) is 0 Å². The van der Waals surface area contributed by atoms with E-state index in [9.17, 15) is 0 Å². The monoisotopic (exact) mass is 158 g/mol. The largest absolute Gasteiger partial charge is 0.383 e. The van der Waals surface area contributed by atoms with Crippen molar-refractivity contribution >= 4 is 17.2 Å². The highest BCUT2D eigenvalue weighted by atomic mass is 32.1. The van der Waals surface area contributed by atoms with Crippen molar-refractivity contribution < 1.29 is 0 Å². The molecule has 0 amide bonds. The molecule has 1 saturated heterocycles. The Balaban J connectivity index is 2.31. The predicted octanol–water partition coefficient (Wildman–Crippen LogP) is 0.533. The summed E-state index contributed by atoms with van der Waals surface area (Å²) in [6.07, 6.45) is 2.39. The van der Waals surface area contributed by atoms with Crippen molar-refractivity contribution in [3.05, 3.63) is 0 Å². The van der Waals surface area contributed by atoms with Crippen LogP contribution in [0, 0.1) is 5.92 Å². The molecule has 58 valence electrons. The van der Waals surface area contributed by atoms with E-state index in [-0.39, 0.29) is 0 Å². The van der Waals surface area contributed by atoms with Gasteiger partial charge in [-0.15, -0.1) is 0 Å². The van der Waals surface area contributed by atoms with Gasteiger partial charge in [0.2, 0.25) is 0 Å². The fraction of sp³-hybridized carbons (Fsp3) is 0.857. The number of piperidine rings is 1. The number of nitrogens with one attached hydrogen (secondary N) is 2. The average Bonchev–Trinajstić information content (AvgIpc) is 2.05. The van der Waals surface area contributed by atoms with Crippen LogP contribution in [0.4, 0.5) is 0 Å². The number of hydrogen-bond acceptors (Lipinski definition) is 2. The van der Waals surface area contributed by atoms with Gasteiger partial charge in [-0.1, -0.05) is 12.2 Å². The van der Waals surface area contributed by atoms with Gasteiger partial charge in [0, 0.05) is 13.0 Å². The Kier molecular flexibility index (Phi) is 3.09. The minimum absolute atomic E-state index is 0.626. The van der Waals surface area contributed by atoms with Crippen LogP contribution in [0.5, 0.6) is 0 Å². The molecule has 0 aromatic carbocycles. The van der Waals surface area contributed by atoms with Gasteiger partial charge in [0.1, 0.15) is 0 Å². The molecule has 0 aliphatic carbocycles.